The molecule has 160 valence electrons. The summed E-state index contributed by atoms with van der Waals surface area (Å²) in [5, 5.41) is 13.4. The fraction of sp³-hybridized carbons (Fsp3) is 0.0833. The fourth-order valence-corrected chi connectivity index (χ4v) is 3.80. The van der Waals surface area contributed by atoms with E-state index < -0.39 is 0 Å². The number of nitrogens with zero attached hydrogens (tertiary/aromatic N) is 3. The van der Waals surface area contributed by atoms with Crippen LogP contribution < -0.4 is 10.1 Å². The van der Waals surface area contributed by atoms with Crippen molar-refractivity contribution < 1.29 is 9.53 Å². The topological polar surface area (TPSA) is 77.0 Å². The second-order valence-electron chi connectivity index (χ2n) is 6.86. The molecule has 32 heavy (non-hydrogen) atoms. The van der Waals surface area contributed by atoms with Crippen LogP contribution in [0.4, 0.5) is 5.13 Å². The van der Waals surface area contributed by atoms with Crippen LogP contribution in [0.15, 0.2) is 73.3 Å². The van der Waals surface area contributed by atoms with Gasteiger partial charge in [-0.3, -0.25) is 10.1 Å². The van der Waals surface area contributed by atoms with E-state index in [0.29, 0.717) is 32.2 Å². The molecule has 0 saturated heterocycles. The maximum absolute atomic E-state index is 13.1. The first-order valence-corrected chi connectivity index (χ1v) is 10.9. The normalized spacial score (nSPS) is 11.4. The van der Waals surface area contributed by atoms with Gasteiger partial charge in [0.1, 0.15) is 12.4 Å². The number of anilines is 1. The molecule has 2 heterocycles. The maximum atomic E-state index is 13.1. The number of ether oxygens (including phenoxy) is 1. The molecule has 0 aliphatic rings. The highest BCUT2D eigenvalue weighted by atomic mass is 35.5. The van der Waals surface area contributed by atoms with E-state index in [-0.39, 0.29) is 12.5 Å². The van der Waals surface area contributed by atoms with E-state index in [0.717, 1.165) is 16.5 Å². The Balaban J connectivity index is 1.53. The average Bonchev–Trinajstić information content (AvgIpc) is 3.25. The molecule has 0 bridgehead atoms. The number of benzene rings is 2. The summed E-state index contributed by atoms with van der Waals surface area (Å²) < 4.78 is 5.69. The van der Waals surface area contributed by atoms with Gasteiger partial charge in [-0.1, -0.05) is 59.9 Å². The minimum absolute atomic E-state index is 0.239. The lowest BCUT2D eigenvalue weighted by Crippen LogP contribution is -2.13. The van der Waals surface area contributed by atoms with Gasteiger partial charge in [-0.25, -0.2) is 4.98 Å². The molecule has 0 aliphatic heterocycles. The van der Waals surface area contributed by atoms with Crippen molar-refractivity contribution in [1.29, 1.82) is 0 Å². The summed E-state index contributed by atoms with van der Waals surface area (Å²) in [5.74, 6) is 0.395. The minimum Gasteiger partial charge on any atom is -0.486 e. The molecule has 0 unspecified atom stereocenters. The zero-order chi connectivity index (χ0) is 22.5. The van der Waals surface area contributed by atoms with Crippen molar-refractivity contribution in [3.63, 3.8) is 0 Å². The number of pyridine rings is 1. The Morgan fingerprint density at radius 3 is 2.75 bits per heavy atom. The number of amides is 1. The van der Waals surface area contributed by atoms with Crippen LogP contribution in [-0.4, -0.2) is 21.1 Å². The van der Waals surface area contributed by atoms with Gasteiger partial charge in [0.2, 0.25) is 5.13 Å². The first kappa shape index (κ1) is 21.7. The van der Waals surface area contributed by atoms with Crippen LogP contribution in [0.1, 0.15) is 28.0 Å². The minimum atomic E-state index is -0.280. The first-order valence-electron chi connectivity index (χ1n) is 9.75. The highest BCUT2D eigenvalue weighted by Crippen LogP contribution is 2.25. The molecule has 2 aromatic carbocycles. The van der Waals surface area contributed by atoms with E-state index in [1.807, 2.05) is 37.3 Å². The molecule has 0 aliphatic carbocycles. The Hall–Kier alpha value is -3.55. The SMILES string of the molecule is C=C/C=C(\C)c1cc(C(=O)Nc2nnc(COc3ccc(Cl)cc3)s2)c2ccccc2n1. The van der Waals surface area contributed by atoms with E-state index >= 15 is 0 Å². The number of halogens is 1. The van der Waals surface area contributed by atoms with E-state index in [2.05, 4.69) is 27.1 Å². The standard InChI is InChI=1S/C24H19ClN4O2S/c1-3-6-15(2)21-13-19(18-7-4-5-8-20(18)26-21)23(30)27-24-29-28-22(32-24)14-31-17-11-9-16(25)10-12-17/h3-13H,1,14H2,2H3,(H,27,29,30)/b15-6+. The molecule has 1 N–H and O–H groups in total. The number of carbonyl (C=O) groups excluding carboxylic acids is 1. The van der Waals surface area contributed by atoms with Crippen LogP contribution in [0.2, 0.25) is 5.02 Å². The quantitative estimate of drug-likeness (QED) is 0.333. The van der Waals surface area contributed by atoms with Crippen molar-refractivity contribution in [2.24, 2.45) is 0 Å². The van der Waals surface area contributed by atoms with Gasteiger partial charge in [0.05, 0.1) is 16.8 Å². The Bertz CT molecular complexity index is 1320. The van der Waals surface area contributed by atoms with Gasteiger partial charge in [-0.2, -0.15) is 0 Å². The number of para-hydroxylation sites is 1. The predicted octanol–water partition coefficient (Wildman–Crippen LogP) is 6.16. The van der Waals surface area contributed by atoms with Crippen molar-refractivity contribution in [1.82, 2.24) is 15.2 Å². The van der Waals surface area contributed by atoms with Crippen molar-refractivity contribution in [2.45, 2.75) is 13.5 Å². The second-order valence-corrected chi connectivity index (χ2v) is 8.35. The summed E-state index contributed by atoms with van der Waals surface area (Å²) >= 11 is 7.14. The molecule has 0 fully saturated rings. The number of aromatic nitrogens is 3. The third kappa shape index (κ3) is 5.01. The van der Waals surface area contributed by atoms with Gasteiger partial charge in [0.15, 0.2) is 5.01 Å². The van der Waals surface area contributed by atoms with Crippen LogP contribution in [0.5, 0.6) is 5.75 Å². The predicted molar refractivity (Wildman–Crippen MR) is 129 cm³/mol. The summed E-state index contributed by atoms with van der Waals surface area (Å²) in [5.41, 5.74) is 2.87. The molecule has 0 saturated carbocycles. The van der Waals surface area contributed by atoms with E-state index in [1.54, 1.807) is 36.4 Å². The lowest BCUT2D eigenvalue weighted by molar-refractivity contribution is 0.102. The largest absolute Gasteiger partial charge is 0.486 e. The van der Waals surface area contributed by atoms with Crippen molar-refractivity contribution >= 4 is 50.5 Å². The molecule has 4 rings (SSSR count). The maximum Gasteiger partial charge on any atom is 0.258 e. The summed E-state index contributed by atoms with van der Waals surface area (Å²) in [6.45, 7) is 5.90. The Morgan fingerprint density at radius 1 is 1.19 bits per heavy atom. The summed E-state index contributed by atoms with van der Waals surface area (Å²) in [4.78, 5) is 17.8. The number of fused-ring (bicyclic) bond motifs is 1. The Kier molecular flexibility index (Phi) is 6.58. The summed E-state index contributed by atoms with van der Waals surface area (Å²) in [7, 11) is 0. The van der Waals surface area contributed by atoms with Crippen LogP contribution in [0, 0.1) is 0 Å². The summed E-state index contributed by atoms with van der Waals surface area (Å²) in [6, 6.07) is 16.4. The van der Waals surface area contributed by atoms with Gasteiger partial charge >= 0.3 is 0 Å². The molecular formula is C24H19ClN4O2S. The molecule has 2 aromatic heterocycles. The highest BCUT2D eigenvalue weighted by molar-refractivity contribution is 7.15. The number of rotatable bonds is 7. The number of allylic oxidation sites excluding steroid dienone is 3. The van der Waals surface area contributed by atoms with Gasteiger partial charge in [-0.15, -0.1) is 10.2 Å². The van der Waals surface area contributed by atoms with Gasteiger partial charge in [0, 0.05) is 10.4 Å². The third-order valence-electron chi connectivity index (χ3n) is 4.60. The Morgan fingerprint density at radius 2 is 1.97 bits per heavy atom. The highest BCUT2D eigenvalue weighted by Gasteiger charge is 2.16. The monoisotopic (exact) mass is 462 g/mol. The second kappa shape index (κ2) is 9.72. The van der Waals surface area contributed by atoms with Crippen LogP contribution >= 0.6 is 22.9 Å². The molecule has 6 nitrogen and oxygen atoms in total. The van der Waals surface area contributed by atoms with Crippen LogP contribution in [0.3, 0.4) is 0 Å². The number of carbonyl (C=O) groups is 1. The van der Waals surface area contributed by atoms with E-state index in [1.165, 1.54) is 11.3 Å². The third-order valence-corrected chi connectivity index (χ3v) is 5.66. The molecule has 0 atom stereocenters. The van der Waals surface area contributed by atoms with Crippen molar-refractivity contribution in [3.8, 4) is 5.75 Å². The molecule has 8 heteroatoms. The van der Waals surface area contributed by atoms with E-state index in [9.17, 15) is 4.79 Å². The average molecular weight is 463 g/mol. The van der Waals surface area contributed by atoms with Gasteiger partial charge < -0.3 is 4.74 Å². The lowest BCUT2D eigenvalue weighted by Gasteiger charge is -2.09. The fourth-order valence-electron chi connectivity index (χ4n) is 3.03. The number of nitrogens with one attached hydrogen (secondary N) is 1. The molecule has 0 radical (unpaired) electrons. The zero-order valence-electron chi connectivity index (χ0n) is 17.2. The van der Waals surface area contributed by atoms with E-state index in [4.69, 9.17) is 16.3 Å². The lowest BCUT2D eigenvalue weighted by atomic mass is 10.0. The summed E-state index contributed by atoms with van der Waals surface area (Å²) in [6.07, 6.45) is 3.55. The molecule has 4 aromatic rings. The number of hydrogen-bond donors (Lipinski definition) is 1. The number of hydrogen-bond acceptors (Lipinski definition) is 6. The van der Waals surface area contributed by atoms with Crippen LogP contribution in [-0.2, 0) is 6.61 Å². The Labute approximate surface area is 194 Å². The molecule has 1 amide bonds. The van der Waals surface area contributed by atoms with Crippen LogP contribution in [0.25, 0.3) is 16.5 Å². The first-order chi connectivity index (χ1) is 15.5. The smallest absolute Gasteiger partial charge is 0.258 e. The van der Waals surface area contributed by atoms with Gasteiger partial charge in [0.25, 0.3) is 5.91 Å². The molecule has 0 spiro atoms. The van der Waals surface area contributed by atoms with Crippen molar-refractivity contribution in [2.75, 3.05) is 5.32 Å². The zero-order valence-corrected chi connectivity index (χ0v) is 18.8. The van der Waals surface area contributed by atoms with Crippen molar-refractivity contribution in [3.05, 3.63) is 94.6 Å². The van der Waals surface area contributed by atoms with Gasteiger partial charge in [-0.05, 0) is 48.9 Å². The molecular weight excluding hydrogens is 444 g/mol.